The first-order valence-electron chi connectivity index (χ1n) is 10.8. The summed E-state index contributed by atoms with van der Waals surface area (Å²) in [6, 6.07) is 8.31. The second kappa shape index (κ2) is 9.90. The number of aliphatic imine (C=N–C) groups is 1. The van der Waals surface area contributed by atoms with Gasteiger partial charge in [0, 0.05) is 44.0 Å². The highest BCUT2D eigenvalue weighted by molar-refractivity contribution is 5.87. The van der Waals surface area contributed by atoms with Crippen molar-refractivity contribution >= 4 is 23.4 Å². The average Bonchev–Trinajstić information content (AvgIpc) is 2.76. The fourth-order valence-corrected chi connectivity index (χ4v) is 4.04. The number of carbonyl (C=O) groups excluding carboxylic acids is 1. The Morgan fingerprint density at radius 3 is 2.55 bits per heavy atom. The van der Waals surface area contributed by atoms with Gasteiger partial charge in [0.25, 0.3) is 0 Å². The van der Waals surface area contributed by atoms with Gasteiger partial charge in [0.2, 0.25) is 5.56 Å². The Morgan fingerprint density at radius 2 is 1.88 bits per heavy atom. The van der Waals surface area contributed by atoms with Crippen LogP contribution in [0.3, 0.4) is 0 Å². The number of ether oxygens (including phenoxy) is 2. The minimum Gasteiger partial charge on any atom is -0.443 e. The number of halogens is 1. The van der Waals surface area contributed by atoms with Gasteiger partial charge in [0.1, 0.15) is 6.61 Å². The number of anilines is 2. The molecule has 1 aromatic carbocycles. The van der Waals surface area contributed by atoms with Crippen LogP contribution < -0.4 is 26.8 Å². The molecule has 11 heteroatoms. The quantitative estimate of drug-likeness (QED) is 0.435. The molecule has 2 aliphatic heterocycles. The molecule has 0 aliphatic carbocycles. The van der Waals surface area contributed by atoms with E-state index in [-0.39, 0.29) is 29.9 Å². The third-order valence-corrected chi connectivity index (χ3v) is 5.78. The lowest BCUT2D eigenvalue weighted by Crippen LogP contribution is -2.54. The molecule has 2 aromatic rings. The number of nitrogens with one attached hydrogen (secondary N) is 1. The molecule has 33 heavy (non-hydrogen) atoms. The lowest BCUT2D eigenvalue weighted by Gasteiger charge is -2.44. The summed E-state index contributed by atoms with van der Waals surface area (Å²) in [6.07, 6.45) is 2.74. The standard InChI is InChI=1S/C22H27FN6O4/c23-20-14(13-32-22(31)27-21(24)25)2-1-3-18(20)29-11-17(12-29)33-16-6-8-28(9-7-16)15-4-5-19(30)26-10-15/h1-5,10,16-17H,6-9,11-13H2,(H,26,30)(H4,24,25,27,31). The first-order chi connectivity index (χ1) is 15.9. The average molecular weight is 458 g/mol. The minimum absolute atomic E-state index is 0.0392. The van der Waals surface area contributed by atoms with Crippen LogP contribution in [0.2, 0.25) is 0 Å². The number of piperidine rings is 1. The van der Waals surface area contributed by atoms with E-state index in [1.165, 1.54) is 6.07 Å². The van der Waals surface area contributed by atoms with Gasteiger partial charge in [-0.15, -0.1) is 4.99 Å². The predicted molar refractivity (Wildman–Crippen MR) is 122 cm³/mol. The smallest absolute Gasteiger partial charge is 0.437 e. The molecule has 3 heterocycles. The molecule has 2 fully saturated rings. The fourth-order valence-electron chi connectivity index (χ4n) is 4.04. The van der Waals surface area contributed by atoms with Gasteiger partial charge >= 0.3 is 6.09 Å². The van der Waals surface area contributed by atoms with Gasteiger partial charge in [-0.1, -0.05) is 12.1 Å². The molecule has 176 valence electrons. The maximum Gasteiger partial charge on any atom is 0.437 e. The molecule has 4 rings (SSSR count). The van der Waals surface area contributed by atoms with Crippen LogP contribution in [0.4, 0.5) is 20.6 Å². The lowest BCUT2D eigenvalue weighted by molar-refractivity contribution is -0.0360. The zero-order valence-corrected chi connectivity index (χ0v) is 18.1. The van der Waals surface area contributed by atoms with Crippen LogP contribution in [0.25, 0.3) is 0 Å². The maximum absolute atomic E-state index is 14.9. The van der Waals surface area contributed by atoms with Gasteiger partial charge in [-0.3, -0.25) is 4.79 Å². The maximum atomic E-state index is 14.9. The van der Waals surface area contributed by atoms with Crippen molar-refractivity contribution in [3.05, 3.63) is 58.3 Å². The topological polar surface area (TPSA) is 139 Å². The van der Waals surface area contributed by atoms with Gasteiger partial charge in [0.15, 0.2) is 11.8 Å². The van der Waals surface area contributed by atoms with Gasteiger partial charge in [-0.25, -0.2) is 9.18 Å². The summed E-state index contributed by atoms with van der Waals surface area (Å²) < 4.78 is 26.0. The molecule has 0 radical (unpaired) electrons. The minimum atomic E-state index is -0.969. The van der Waals surface area contributed by atoms with Crippen molar-refractivity contribution in [2.45, 2.75) is 31.7 Å². The summed E-state index contributed by atoms with van der Waals surface area (Å²) in [5, 5.41) is 0. The third-order valence-electron chi connectivity index (χ3n) is 5.78. The van der Waals surface area contributed by atoms with E-state index >= 15 is 0 Å². The van der Waals surface area contributed by atoms with E-state index in [2.05, 4.69) is 14.9 Å². The van der Waals surface area contributed by atoms with Gasteiger partial charge in [0.05, 0.1) is 23.6 Å². The molecule has 0 unspecified atom stereocenters. The van der Waals surface area contributed by atoms with E-state index in [1.807, 2.05) is 11.0 Å². The second-order valence-electron chi connectivity index (χ2n) is 8.10. The Kier molecular flexibility index (Phi) is 6.78. The number of nitrogens with two attached hydrogens (primary N) is 2. The third kappa shape index (κ3) is 5.61. The number of rotatable bonds is 6. The molecular weight excluding hydrogens is 431 g/mol. The monoisotopic (exact) mass is 458 g/mol. The highest BCUT2D eigenvalue weighted by Gasteiger charge is 2.33. The number of pyridine rings is 1. The number of H-pyrrole nitrogens is 1. The van der Waals surface area contributed by atoms with Crippen molar-refractivity contribution in [2.75, 3.05) is 36.0 Å². The van der Waals surface area contributed by atoms with Crippen molar-refractivity contribution in [1.82, 2.24) is 4.98 Å². The van der Waals surface area contributed by atoms with Gasteiger partial charge in [-0.2, -0.15) is 0 Å². The highest BCUT2D eigenvalue weighted by Crippen LogP contribution is 2.30. The summed E-state index contributed by atoms with van der Waals surface area (Å²) in [5.74, 6) is -0.856. The highest BCUT2D eigenvalue weighted by atomic mass is 19.1. The Hall–Kier alpha value is -3.60. The Bertz CT molecular complexity index is 1050. The van der Waals surface area contributed by atoms with E-state index in [0.29, 0.717) is 18.8 Å². The van der Waals surface area contributed by atoms with Crippen molar-refractivity contribution in [3.63, 3.8) is 0 Å². The predicted octanol–water partition coefficient (Wildman–Crippen LogP) is 1.30. The van der Waals surface area contributed by atoms with Crippen LogP contribution >= 0.6 is 0 Å². The van der Waals surface area contributed by atoms with Gasteiger partial charge in [-0.05, 0) is 25.0 Å². The molecule has 1 amide bonds. The number of nitrogens with zero attached hydrogens (tertiary/aromatic N) is 3. The van der Waals surface area contributed by atoms with Crippen molar-refractivity contribution in [2.24, 2.45) is 16.5 Å². The van der Waals surface area contributed by atoms with Crippen molar-refractivity contribution in [3.8, 4) is 0 Å². The zero-order chi connectivity index (χ0) is 23.4. The summed E-state index contributed by atoms with van der Waals surface area (Å²) in [4.78, 5) is 32.7. The van der Waals surface area contributed by atoms with Crippen LogP contribution in [0.5, 0.6) is 0 Å². The first-order valence-corrected chi connectivity index (χ1v) is 10.8. The first kappa shape index (κ1) is 22.6. The Morgan fingerprint density at radius 1 is 1.12 bits per heavy atom. The molecule has 10 nitrogen and oxygen atoms in total. The zero-order valence-electron chi connectivity index (χ0n) is 18.1. The van der Waals surface area contributed by atoms with E-state index in [0.717, 1.165) is 31.6 Å². The molecule has 0 spiro atoms. The number of guanidine groups is 1. The number of aromatic nitrogens is 1. The Labute approximate surface area is 190 Å². The van der Waals surface area contributed by atoms with E-state index < -0.39 is 17.9 Å². The fraction of sp³-hybridized carbons (Fsp3) is 0.409. The van der Waals surface area contributed by atoms with Gasteiger partial charge < -0.3 is 35.7 Å². The second-order valence-corrected chi connectivity index (χ2v) is 8.10. The molecular formula is C22H27FN6O4. The molecule has 2 aliphatic rings. The van der Waals surface area contributed by atoms with Crippen LogP contribution in [0.15, 0.2) is 46.3 Å². The number of benzene rings is 1. The lowest BCUT2D eigenvalue weighted by atomic mass is 10.0. The molecule has 0 saturated carbocycles. The molecule has 2 saturated heterocycles. The normalized spacial score (nSPS) is 16.9. The van der Waals surface area contributed by atoms with E-state index in [1.54, 1.807) is 24.4 Å². The largest absolute Gasteiger partial charge is 0.443 e. The van der Waals surface area contributed by atoms with Crippen LogP contribution in [-0.4, -0.2) is 55.4 Å². The summed E-state index contributed by atoms with van der Waals surface area (Å²) in [5.41, 5.74) is 11.8. The molecule has 0 bridgehead atoms. The summed E-state index contributed by atoms with van der Waals surface area (Å²) in [6.45, 7) is 2.62. The number of hydrogen-bond acceptors (Lipinski definition) is 6. The summed E-state index contributed by atoms with van der Waals surface area (Å²) >= 11 is 0. The number of amides is 1. The van der Waals surface area contributed by atoms with E-state index in [4.69, 9.17) is 20.9 Å². The van der Waals surface area contributed by atoms with E-state index in [9.17, 15) is 14.0 Å². The van der Waals surface area contributed by atoms with Crippen LogP contribution in [0, 0.1) is 5.82 Å². The number of carbonyl (C=O) groups is 1. The van der Waals surface area contributed by atoms with Crippen molar-refractivity contribution < 1.29 is 18.7 Å². The van der Waals surface area contributed by atoms with Crippen LogP contribution in [0.1, 0.15) is 18.4 Å². The Balaban J connectivity index is 1.24. The summed E-state index contributed by atoms with van der Waals surface area (Å²) in [7, 11) is 0. The van der Waals surface area contributed by atoms with Crippen LogP contribution in [-0.2, 0) is 16.1 Å². The van der Waals surface area contributed by atoms with Crippen molar-refractivity contribution in [1.29, 1.82) is 0 Å². The molecule has 5 N–H and O–H groups in total. The molecule has 0 atom stereocenters. The SMILES string of the molecule is NC(N)=NC(=O)OCc1cccc(N2CC(OC3CCN(c4ccc(=O)[nH]c4)CC3)C2)c1F. The number of aromatic amines is 1. The molecule has 1 aromatic heterocycles. The number of hydrogen-bond donors (Lipinski definition) is 3.